The summed E-state index contributed by atoms with van der Waals surface area (Å²) in [5.74, 6) is 1.58. The molecule has 0 radical (unpaired) electrons. The lowest BCUT2D eigenvalue weighted by molar-refractivity contribution is -0.134. The number of imide groups is 1. The van der Waals surface area contributed by atoms with Crippen LogP contribution in [0.25, 0.3) is 32.9 Å². The molecule has 5 saturated heterocycles. The molecule has 16 nitrogen and oxygen atoms in total. The van der Waals surface area contributed by atoms with Gasteiger partial charge in [0.25, 0.3) is 0 Å². The molecule has 3 amide bonds. The highest BCUT2D eigenvalue weighted by Crippen LogP contribution is 2.47. The molecule has 7 fully saturated rings. The molecule has 18 heteroatoms. The highest BCUT2D eigenvalue weighted by atomic mass is 19.1. The largest absolute Gasteiger partial charge is 0.508 e. The quantitative estimate of drug-likeness (QED) is 0.0358. The zero-order chi connectivity index (χ0) is 52.8. The van der Waals surface area contributed by atoms with E-state index in [9.17, 15) is 23.9 Å². The van der Waals surface area contributed by atoms with Gasteiger partial charge in [-0.2, -0.15) is 9.97 Å². The maximum Gasteiger partial charge on any atom is 0.319 e. The predicted molar refractivity (Wildman–Crippen MR) is 288 cm³/mol. The summed E-state index contributed by atoms with van der Waals surface area (Å²) >= 11 is 0. The summed E-state index contributed by atoms with van der Waals surface area (Å²) in [6.07, 6.45) is 17.7. The molecule has 12 rings (SSSR count). The van der Waals surface area contributed by atoms with Crippen LogP contribution in [0, 0.1) is 46.6 Å². The number of aromatic hydroxyl groups is 1. The molecule has 0 spiro atoms. The van der Waals surface area contributed by atoms with Crippen molar-refractivity contribution in [3.8, 4) is 35.4 Å². The second-order valence-corrected chi connectivity index (χ2v) is 22.4. The van der Waals surface area contributed by atoms with Crippen LogP contribution in [0.3, 0.4) is 0 Å². The van der Waals surface area contributed by atoms with E-state index >= 15 is 4.39 Å². The first-order chi connectivity index (χ1) is 36.8. The van der Waals surface area contributed by atoms with Gasteiger partial charge in [-0.05, 0) is 105 Å². The molecule has 3 unspecified atom stereocenters. The maximum atomic E-state index is 16.9. The average Bonchev–Trinajstić information content (AvgIpc) is 4.11. The van der Waals surface area contributed by atoms with Gasteiger partial charge in [-0.3, -0.25) is 29.6 Å². The van der Waals surface area contributed by atoms with E-state index in [1.807, 2.05) is 18.2 Å². The van der Waals surface area contributed by atoms with E-state index in [-0.39, 0.29) is 57.6 Å². The van der Waals surface area contributed by atoms with E-state index in [2.05, 4.69) is 53.5 Å². The van der Waals surface area contributed by atoms with Crippen molar-refractivity contribution in [2.75, 3.05) is 82.8 Å². The van der Waals surface area contributed by atoms with E-state index in [1.54, 1.807) is 18.1 Å². The van der Waals surface area contributed by atoms with Gasteiger partial charge in [0, 0.05) is 124 Å². The van der Waals surface area contributed by atoms with Crippen molar-refractivity contribution in [1.82, 2.24) is 40.3 Å². The number of hydrogen-bond donors (Lipinski definition) is 5. The molecule has 5 N–H and O–H groups in total. The van der Waals surface area contributed by atoms with Crippen molar-refractivity contribution in [3.05, 3.63) is 77.0 Å². The number of anilines is 2. The molecular weight excluding hydrogens is 969 g/mol. The summed E-state index contributed by atoms with van der Waals surface area (Å²) < 4.78 is 38.2. The number of pyridine rings is 1. The number of amides is 3. The van der Waals surface area contributed by atoms with Crippen LogP contribution in [0.4, 0.5) is 20.3 Å². The van der Waals surface area contributed by atoms with Crippen molar-refractivity contribution in [2.24, 2.45) is 17.3 Å². The molecule has 2 saturated carbocycles. The molecule has 76 heavy (non-hydrogen) atoms. The summed E-state index contributed by atoms with van der Waals surface area (Å²) in [5.41, 5.74) is 3.13. The number of piperazine rings is 2. The zero-order valence-corrected chi connectivity index (χ0v) is 43.3. The van der Waals surface area contributed by atoms with Crippen LogP contribution < -0.4 is 25.6 Å². The van der Waals surface area contributed by atoms with Crippen LogP contribution in [0.2, 0.25) is 0 Å². The lowest BCUT2D eigenvalue weighted by Gasteiger charge is -2.46. The molecule has 2 bridgehead atoms. The Kier molecular flexibility index (Phi) is 14.4. The van der Waals surface area contributed by atoms with E-state index in [1.165, 1.54) is 42.7 Å². The second-order valence-electron chi connectivity index (χ2n) is 22.4. The Hall–Kier alpha value is -6.81. The van der Waals surface area contributed by atoms with Gasteiger partial charge in [0.15, 0.2) is 5.82 Å². The number of nitrogens with zero attached hydrogens (tertiary/aromatic N) is 7. The van der Waals surface area contributed by atoms with Crippen LogP contribution in [0.5, 0.6) is 11.8 Å². The number of nitrogens with one attached hydrogen (secondary N) is 4. The van der Waals surface area contributed by atoms with Gasteiger partial charge in [0.1, 0.15) is 28.6 Å². The monoisotopic (exact) mass is 1040 g/mol. The lowest BCUT2D eigenvalue weighted by Crippen LogP contribution is -2.54. The Morgan fingerprint density at radius 3 is 2.41 bits per heavy atom. The topological polar surface area (TPSA) is 192 Å². The number of hydrogen-bond acceptors (Lipinski definition) is 14. The number of rotatable bonds is 13. The highest BCUT2D eigenvalue weighted by Gasteiger charge is 2.46. The standard InChI is InChI=1S/C39H43F2N7O2.C19H24N4O3/c1-3-29-32(40)7-4-24-16-28(49)17-30(33(24)29)35-34(41)36-31(18-42-35)37(48-19-25-5-6-26(20-48)43-25)45-38(44-36)50-22-39(8-9-39)21-46-10-12-47(13-11-46)27-14-23(2)15-27;1-21-16-10-13(12-6-8-23(11-24)9-7-12)2-3-14(16)18(20)15-4-5-17(25)22-19(15)26/h1,4,7,16-18,23,25-27,43,49H,5-6,8-15,19-22H2,2H3;2-3,10-12,15,20-21H,4-9H2,1H3,(H,22,25,26). The molecular formula is C58H67F2N11O5. The van der Waals surface area contributed by atoms with Crippen LogP contribution in [-0.4, -0.2) is 149 Å². The van der Waals surface area contributed by atoms with Crippen LogP contribution >= 0.6 is 0 Å². The van der Waals surface area contributed by atoms with Crippen molar-refractivity contribution in [3.63, 3.8) is 0 Å². The molecule has 7 heterocycles. The Bertz CT molecular complexity index is 3110. The number of aromatic nitrogens is 3. The Labute approximate surface area is 441 Å². The number of halogens is 2. The van der Waals surface area contributed by atoms with Gasteiger partial charge >= 0.3 is 6.01 Å². The van der Waals surface area contributed by atoms with E-state index in [0.717, 1.165) is 121 Å². The fourth-order valence-electron chi connectivity index (χ4n) is 12.7. The van der Waals surface area contributed by atoms with Gasteiger partial charge in [0.05, 0.1) is 29.2 Å². The third-order valence-electron chi connectivity index (χ3n) is 17.2. The Balaban J connectivity index is 0.000000200. The van der Waals surface area contributed by atoms with Gasteiger partial charge in [-0.15, -0.1) is 6.42 Å². The van der Waals surface area contributed by atoms with Crippen molar-refractivity contribution >= 4 is 57.1 Å². The number of phenols is 1. The smallest absolute Gasteiger partial charge is 0.319 e. The number of likely N-dealkylation sites (tertiary alicyclic amines) is 1. The van der Waals surface area contributed by atoms with Crippen LogP contribution in [-0.2, 0) is 14.4 Å². The average molecular weight is 1040 g/mol. The summed E-state index contributed by atoms with van der Waals surface area (Å²) in [6, 6.07) is 13.1. The summed E-state index contributed by atoms with van der Waals surface area (Å²) in [6.45, 7) is 11.2. The van der Waals surface area contributed by atoms with Crippen LogP contribution in [0.15, 0.2) is 48.7 Å². The van der Waals surface area contributed by atoms with Gasteiger partial charge in [-0.1, -0.05) is 31.0 Å². The first kappa shape index (κ1) is 51.3. The molecule has 398 valence electrons. The minimum absolute atomic E-state index is 0.0173. The third kappa shape index (κ3) is 10.4. The van der Waals surface area contributed by atoms with E-state index in [4.69, 9.17) is 21.6 Å². The number of phenolic OH excluding ortho intramolecular Hbond substituents is 1. The van der Waals surface area contributed by atoms with Crippen molar-refractivity contribution in [1.29, 1.82) is 5.41 Å². The minimum Gasteiger partial charge on any atom is -0.508 e. The van der Waals surface area contributed by atoms with Gasteiger partial charge < -0.3 is 40.6 Å². The molecule has 2 aromatic heterocycles. The number of terminal acetylenes is 1. The Morgan fingerprint density at radius 2 is 1.74 bits per heavy atom. The number of benzene rings is 3. The summed E-state index contributed by atoms with van der Waals surface area (Å²) in [4.78, 5) is 57.6. The molecule has 2 aliphatic carbocycles. The normalized spacial score (nSPS) is 24.5. The summed E-state index contributed by atoms with van der Waals surface area (Å²) in [5, 5.41) is 29.4. The summed E-state index contributed by atoms with van der Waals surface area (Å²) in [7, 11) is 1.80. The van der Waals surface area contributed by atoms with Crippen molar-refractivity contribution in [2.45, 2.75) is 95.2 Å². The second kappa shape index (κ2) is 21.3. The van der Waals surface area contributed by atoms with Gasteiger partial charge in [-0.25, -0.2) is 8.78 Å². The number of ether oxygens (including phenoxy) is 1. The first-order valence-corrected chi connectivity index (χ1v) is 27.1. The fourth-order valence-corrected chi connectivity index (χ4v) is 12.7. The SMILES string of the molecule is C#Cc1c(F)ccc2cc(O)cc(-c3ncc4c(N5CC6CCC(C5)N6)nc(OCC5(CN6CCN(C7CC(C)C7)CC6)CC5)nc4c3F)c12.CNc1cc(C2CCN(C=O)CC2)ccc1C(=N)C1CCC(=O)NC1=O. The van der Waals surface area contributed by atoms with E-state index < -0.39 is 23.5 Å². The number of fused-ring (bicyclic) bond motifs is 4. The highest BCUT2D eigenvalue weighted by molar-refractivity contribution is 6.17. The first-order valence-electron chi connectivity index (χ1n) is 27.1. The fraction of sp³-hybridized carbons (Fsp3) is 0.500. The van der Waals surface area contributed by atoms with E-state index in [0.29, 0.717) is 58.6 Å². The maximum absolute atomic E-state index is 16.9. The molecule has 5 aromatic rings. The van der Waals surface area contributed by atoms with Crippen molar-refractivity contribution < 1.29 is 33.0 Å². The van der Waals surface area contributed by atoms with Crippen LogP contribution in [0.1, 0.15) is 93.7 Å². The third-order valence-corrected chi connectivity index (χ3v) is 17.2. The minimum atomic E-state index is -0.701. The molecule has 3 aromatic carbocycles. The number of carbonyl (C=O) groups is 3. The molecule has 7 aliphatic rings. The number of piperidine rings is 2. The zero-order valence-electron chi connectivity index (χ0n) is 43.3. The predicted octanol–water partition coefficient (Wildman–Crippen LogP) is 6.81. The molecule has 5 aliphatic heterocycles. The van der Waals surface area contributed by atoms with Gasteiger partial charge in [0.2, 0.25) is 18.2 Å². The lowest BCUT2D eigenvalue weighted by atomic mass is 9.80. The number of carbonyl (C=O) groups excluding carboxylic acids is 3. The molecule has 3 atom stereocenters. The Morgan fingerprint density at radius 1 is 0.987 bits per heavy atom.